The van der Waals surface area contributed by atoms with Crippen LogP contribution in [0.25, 0.3) is 11.1 Å². The number of hydrogen-bond acceptors (Lipinski definition) is 2. The number of pyridine rings is 1. The van der Waals surface area contributed by atoms with Crippen molar-refractivity contribution in [3.8, 4) is 17.0 Å². The molecule has 0 bridgehead atoms. The summed E-state index contributed by atoms with van der Waals surface area (Å²) >= 11 is 0. The largest absolute Gasteiger partial charge is 0.469 e. The van der Waals surface area contributed by atoms with Crippen LogP contribution in [0.5, 0.6) is 5.88 Å². The maximum atomic E-state index is 6.04. The molecule has 21 heavy (non-hydrogen) atoms. The van der Waals surface area contributed by atoms with Gasteiger partial charge in [-0.2, -0.15) is 0 Å². The molecule has 0 saturated heterocycles. The summed E-state index contributed by atoms with van der Waals surface area (Å²) in [6.45, 7) is 0. The number of hydrogen-bond donors (Lipinski definition) is 0. The molecule has 102 valence electrons. The molecule has 2 aromatic carbocycles. The molecule has 1 aromatic heterocycles. The summed E-state index contributed by atoms with van der Waals surface area (Å²) in [4.78, 5) is 4.40. The molecular formula is C19H15NO. The first-order valence-corrected chi connectivity index (χ1v) is 7.17. The average molecular weight is 273 g/mol. The minimum Gasteiger partial charge on any atom is -0.469 e. The van der Waals surface area contributed by atoms with E-state index in [0.717, 1.165) is 12.3 Å². The lowest BCUT2D eigenvalue weighted by Gasteiger charge is -2.09. The molecule has 2 heteroatoms. The molecule has 0 spiro atoms. The number of fused-ring (bicyclic) bond motifs is 1. The van der Waals surface area contributed by atoms with Crippen LogP contribution in [0.3, 0.4) is 0 Å². The summed E-state index contributed by atoms with van der Waals surface area (Å²) in [5.74, 6) is 0.769. The summed E-state index contributed by atoms with van der Waals surface area (Å²) in [5, 5.41) is 0. The van der Waals surface area contributed by atoms with E-state index in [1.54, 1.807) is 0 Å². The highest BCUT2D eigenvalue weighted by Gasteiger charge is 2.27. The van der Waals surface area contributed by atoms with Gasteiger partial charge in [-0.05, 0) is 22.8 Å². The molecule has 1 atom stereocenters. The third kappa shape index (κ3) is 2.19. The van der Waals surface area contributed by atoms with E-state index >= 15 is 0 Å². The van der Waals surface area contributed by atoms with E-state index in [9.17, 15) is 0 Å². The van der Waals surface area contributed by atoms with Crippen LogP contribution in [-0.2, 0) is 6.42 Å². The molecule has 1 aliphatic heterocycles. The summed E-state index contributed by atoms with van der Waals surface area (Å²) in [6, 6.07) is 22.8. The Bertz CT molecular complexity index is 753. The normalized spacial score (nSPS) is 16.3. The topological polar surface area (TPSA) is 22.1 Å². The van der Waals surface area contributed by atoms with Gasteiger partial charge in [-0.1, -0.05) is 60.7 Å². The van der Waals surface area contributed by atoms with Gasteiger partial charge in [0.05, 0.1) is 0 Å². The van der Waals surface area contributed by atoms with Crippen LogP contribution in [0.15, 0.2) is 72.9 Å². The van der Waals surface area contributed by atoms with Gasteiger partial charge in [0.15, 0.2) is 0 Å². The molecule has 4 rings (SSSR count). The summed E-state index contributed by atoms with van der Waals surface area (Å²) in [5.41, 5.74) is 4.85. The summed E-state index contributed by atoms with van der Waals surface area (Å²) < 4.78 is 6.04. The van der Waals surface area contributed by atoms with E-state index in [0.29, 0.717) is 0 Å². The van der Waals surface area contributed by atoms with E-state index in [-0.39, 0.29) is 6.10 Å². The molecule has 0 amide bonds. The van der Waals surface area contributed by atoms with Gasteiger partial charge in [-0.3, -0.25) is 0 Å². The minimum atomic E-state index is 0.0681. The smallest absolute Gasteiger partial charge is 0.217 e. The number of benzene rings is 2. The third-order valence-corrected chi connectivity index (χ3v) is 3.92. The van der Waals surface area contributed by atoms with Crippen molar-refractivity contribution in [2.45, 2.75) is 12.5 Å². The third-order valence-electron chi connectivity index (χ3n) is 3.92. The Hall–Kier alpha value is -2.61. The van der Waals surface area contributed by atoms with Crippen molar-refractivity contribution in [3.63, 3.8) is 0 Å². The Kier molecular flexibility index (Phi) is 2.93. The molecule has 0 saturated carbocycles. The molecule has 1 aliphatic rings. The molecule has 0 radical (unpaired) electrons. The van der Waals surface area contributed by atoms with Crippen molar-refractivity contribution in [1.29, 1.82) is 0 Å². The van der Waals surface area contributed by atoms with Crippen LogP contribution in [0.4, 0.5) is 0 Å². The quantitative estimate of drug-likeness (QED) is 0.689. The number of rotatable bonds is 2. The molecule has 3 aromatic rings. The fourth-order valence-electron chi connectivity index (χ4n) is 2.88. The fourth-order valence-corrected chi connectivity index (χ4v) is 2.88. The van der Waals surface area contributed by atoms with Crippen LogP contribution in [0, 0.1) is 0 Å². The second kappa shape index (κ2) is 5.06. The van der Waals surface area contributed by atoms with Crippen LogP contribution in [0.2, 0.25) is 0 Å². The number of nitrogens with zero attached hydrogens (tertiary/aromatic N) is 1. The van der Waals surface area contributed by atoms with Crippen LogP contribution >= 0.6 is 0 Å². The van der Waals surface area contributed by atoms with Gasteiger partial charge in [0, 0.05) is 18.2 Å². The van der Waals surface area contributed by atoms with Crippen LogP contribution < -0.4 is 4.74 Å². The molecular weight excluding hydrogens is 258 g/mol. The predicted molar refractivity (Wildman–Crippen MR) is 83.2 cm³/mol. The minimum absolute atomic E-state index is 0.0681. The van der Waals surface area contributed by atoms with Gasteiger partial charge in [0.1, 0.15) is 6.10 Å². The van der Waals surface area contributed by atoms with E-state index < -0.39 is 0 Å². The Morgan fingerprint density at radius 1 is 0.857 bits per heavy atom. The first-order chi connectivity index (χ1) is 10.4. The van der Waals surface area contributed by atoms with E-state index in [1.165, 1.54) is 22.3 Å². The van der Waals surface area contributed by atoms with Crippen molar-refractivity contribution in [3.05, 3.63) is 84.1 Å². The van der Waals surface area contributed by atoms with Gasteiger partial charge in [-0.25, -0.2) is 4.98 Å². The molecule has 2 nitrogen and oxygen atoms in total. The van der Waals surface area contributed by atoms with E-state index in [2.05, 4.69) is 47.4 Å². The first kappa shape index (κ1) is 12.2. The molecule has 0 aliphatic carbocycles. The Morgan fingerprint density at radius 2 is 1.57 bits per heavy atom. The highest BCUT2D eigenvalue weighted by molar-refractivity contribution is 5.69. The summed E-state index contributed by atoms with van der Waals surface area (Å²) in [6.07, 6.45) is 2.77. The van der Waals surface area contributed by atoms with E-state index in [4.69, 9.17) is 4.74 Å². The number of ether oxygens (including phenoxy) is 1. The van der Waals surface area contributed by atoms with Gasteiger partial charge in [0.2, 0.25) is 5.88 Å². The zero-order valence-corrected chi connectivity index (χ0v) is 11.6. The second-order valence-electron chi connectivity index (χ2n) is 5.23. The Balaban J connectivity index is 1.74. The van der Waals surface area contributed by atoms with Crippen molar-refractivity contribution < 1.29 is 4.74 Å². The zero-order valence-electron chi connectivity index (χ0n) is 11.6. The Morgan fingerprint density at radius 3 is 2.33 bits per heavy atom. The zero-order chi connectivity index (χ0) is 14.1. The lowest BCUT2D eigenvalue weighted by Crippen LogP contribution is -2.02. The van der Waals surface area contributed by atoms with Gasteiger partial charge in [-0.15, -0.1) is 0 Å². The molecule has 1 unspecified atom stereocenters. The van der Waals surface area contributed by atoms with Crippen molar-refractivity contribution >= 4 is 0 Å². The average Bonchev–Trinajstić information content (AvgIpc) is 3.00. The standard InChI is InChI=1S/C19H15NO/c1-3-7-14(8-4-1)16-11-12-20-19-17(16)13-18(21-19)15-9-5-2-6-10-15/h1-12,18H,13H2. The first-order valence-electron chi connectivity index (χ1n) is 7.17. The molecule has 0 N–H and O–H groups in total. The lowest BCUT2D eigenvalue weighted by atomic mass is 9.97. The second-order valence-corrected chi connectivity index (χ2v) is 5.23. The van der Waals surface area contributed by atoms with Gasteiger partial charge in [0.25, 0.3) is 0 Å². The molecule has 0 fully saturated rings. The van der Waals surface area contributed by atoms with Crippen molar-refractivity contribution in [2.24, 2.45) is 0 Å². The highest BCUT2D eigenvalue weighted by atomic mass is 16.5. The highest BCUT2D eigenvalue weighted by Crippen LogP contribution is 2.40. The molecule has 2 heterocycles. The van der Waals surface area contributed by atoms with E-state index in [1.807, 2.05) is 30.5 Å². The maximum Gasteiger partial charge on any atom is 0.217 e. The van der Waals surface area contributed by atoms with Crippen molar-refractivity contribution in [2.75, 3.05) is 0 Å². The lowest BCUT2D eigenvalue weighted by molar-refractivity contribution is 0.230. The summed E-state index contributed by atoms with van der Waals surface area (Å²) in [7, 11) is 0. The predicted octanol–water partition coefficient (Wildman–Crippen LogP) is 4.42. The van der Waals surface area contributed by atoms with Crippen molar-refractivity contribution in [1.82, 2.24) is 4.98 Å². The SMILES string of the molecule is c1ccc(-c2ccnc3c2CC(c2ccccc2)O3)cc1. The van der Waals surface area contributed by atoms with Crippen LogP contribution in [-0.4, -0.2) is 4.98 Å². The number of aromatic nitrogens is 1. The van der Waals surface area contributed by atoms with Gasteiger partial charge < -0.3 is 4.74 Å². The fraction of sp³-hybridized carbons (Fsp3) is 0.105. The van der Waals surface area contributed by atoms with Crippen LogP contribution in [0.1, 0.15) is 17.2 Å². The maximum absolute atomic E-state index is 6.04. The monoisotopic (exact) mass is 273 g/mol. The Labute approximate surface area is 124 Å². The van der Waals surface area contributed by atoms with Gasteiger partial charge >= 0.3 is 0 Å².